The first-order valence-corrected chi connectivity index (χ1v) is 6.42. The Kier molecular flexibility index (Phi) is 4.48. The van der Waals surface area contributed by atoms with E-state index in [9.17, 15) is 13.6 Å². The van der Waals surface area contributed by atoms with Crippen LogP contribution >= 0.6 is 0 Å². The van der Waals surface area contributed by atoms with Crippen molar-refractivity contribution in [3.63, 3.8) is 0 Å². The minimum Gasteiger partial charge on any atom is -0.423 e. The van der Waals surface area contributed by atoms with Crippen molar-refractivity contribution >= 4 is 12.0 Å². The molecule has 0 amide bonds. The van der Waals surface area contributed by atoms with Gasteiger partial charge in [-0.1, -0.05) is 24.3 Å². The first-order valence-electron chi connectivity index (χ1n) is 6.42. The molecule has 0 spiro atoms. The van der Waals surface area contributed by atoms with Crippen molar-refractivity contribution in [3.05, 3.63) is 70.8 Å². The van der Waals surface area contributed by atoms with Crippen LogP contribution in [0.2, 0.25) is 0 Å². The van der Waals surface area contributed by atoms with Gasteiger partial charge in [0, 0.05) is 17.7 Å². The van der Waals surface area contributed by atoms with Gasteiger partial charge in [0.25, 0.3) is 0 Å². The number of esters is 1. The molecule has 2 aromatic rings. The molecular formula is C17H14F2O2. The minimum atomic E-state index is -0.749. The van der Waals surface area contributed by atoms with Crippen molar-refractivity contribution < 1.29 is 18.3 Å². The Labute approximate surface area is 121 Å². The lowest BCUT2D eigenvalue weighted by molar-refractivity contribution is 0.0734. The van der Waals surface area contributed by atoms with Crippen molar-refractivity contribution in [1.82, 2.24) is 0 Å². The van der Waals surface area contributed by atoms with Crippen LogP contribution in [-0.4, -0.2) is 5.97 Å². The molecule has 0 unspecified atom stereocenters. The summed E-state index contributed by atoms with van der Waals surface area (Å²) in [5.74, 6) is -2.31. The normalized spacial score (nSPS) is 10.9. The highest BCUT2D eigenvalue weighted by atomic mass is 19.1. The van der Waals surface area contributed by atoms with Gasteiger partial charge in [-0.15, -0.1) is 0 Å². The second kappa shape index (κ2) is 6.31. The van der Waals surface area contributed by atoms with Crippen molar-refractivity contribution in [2.75, 3.05) is 0 Å². The van der Waals surface area contributed by atoms with Crippen molar-refractivity contribution in [1.29, 1.82) is 0 Å². The predicted molar refractivity (Wildman–Crippen MR) is 77.2 cm³/mol. The highest BCUT2D eigenvalue weighted by molar-refractivity contribution is 5.91. The maximum Gasteiger partial charge on any atom is 0.343 e. The van der Waals surface area contributed by atoms with E-state index in [4.69, 9.17) is 4.74 Å². The van der Waals surface area contributed by atoms with Gasteiger partial charge >= 0.3 is 5.97 Å². The van der Waals surface area contributed by atoms with E-state index >= 15 is 0 Å². The monoisotopic (exact) mass is 288 g/mol. The lowest BCUT2D eigenvalue weighted by Crippen LogP contribution is -2.09. The number of hydrogen-bond donors (Lipinski definition) is 0. The predicted octanol–water partition coefficient (Wildman–Crippen LogP) is 4.53. The maximum absolute atomic E-state index is 13.4. The van der Waals surface area contributed by atoms with Gasteiger partial charge in [0.15, 0.2) is 0 Å². The van der Waals surface area contributed by atoms with Crippen LogP contribution in [0.3, 0.4) is 0 Å². The van der Waals surface area contributed by atoms with Gasteiger partial charge in [-0.3, -0.25) is 0 Å². The van der Waals surface area contributed by atoms with Gasteiger partial charge in [-0.25, -0.2) is 13.6 Å². The highest BCUT2D eigenvalue weighted by Gasteiger charge is 2.12. The van der Waals surface area contributed by atoms with E-state index in [1.807, 2.05) is 19.1 Å². The van der Waals surface area contributed by atoms with Crippen LogP contribution in [0.25, 0.3) is 6.08 Å². The number of carbonyl (C=O) groups excluding carboxylic acids is 1. The molecule has 2 rings (SSSR count). The second-order valence-corrected chi connectivity index (χ2v) is 4.52. The van der Waals surface area contributed by atoms with Crippen molar-refractivity contribution in [2.45, 2.75) is 13.8 Å². The fraction of sp³-hybridized carbons (Fsp3) is 0.118. The standard InChI is InChI=1S/C17H14F2O2/c1-3-4-12-5-7-13(8-6-12)17(20)21-14-9-15(18)11(2)16(19)10-14/h3-10H,1-2H3/b4-3+. The fourth-order valence-electron chi connectivity index (χ4n) is 1.77. The SMILES string of the molecule is C/C=C/c1ccc(C(=O)Oc2cc(F)c(C)c(F)c2)cc1. The van der Waals surface area contributed by atoms with Crippen molar-refractivity contribution in [2.24, 2.45) is 0 Å². The molecule has 2 nitrogen and oxygen atoms in total. The number of halogens is 2. The molecule has 0 aliphatic carbocycles. The molecular weight excluding hydrogens is 274 g/mol. The van der Waals surface area contributed by atoms with E-state index in [0.717, 1.165) is 17.7 Å². The fourth-order valence-corrected chi connectivity index (χ4v) is 1.77. The molecule has 0 heterocycles. The van der Waals surface area contributed by atoms with Gasteiger partial charge in [-0.2, -0.15) is 0 Å². The number of ether oxygens (including phenoxy) is 1. The molecule has 0 fully saturated rings. The third-order valence-corrected chi connectivity index (χ3v) is 2.97. The van der Waals surface area contributed by atoms with E-state index < -0.39 is 17.6 Å². The van der Waals surface area contributed by atoms with Crippen LogP contribution in [0, 0.1) is 18.6 Å². The molecule has 0 aromatic heterocycles. The summed E-state index contributed by atoms with van der Waals surface area (Å²) in [4.78, 5) is 11.9. The zero-order valence-electron chi connectivity index (χ0n) is 11.7. The molecule has 0 atom stereocenters. The Hall–Kier alpha value is -2.49. The number of allylic oxidation sites excluding steroid dienone is 1. The van der Waals surface area contributed by atoms with Crippen molar-refractivity contribution in [3.8, 4) is 5.75 Å². The van der Waals surface area contributed by atoms with E-state index in [1.54, 1.807) is 24.3 Å². The van der Waals surface area contributed by atoms with E-state index in [-0.39, 0.29) is 11.3 Å². The van der Waals surface area contributed by atoms with Crippen LogP contribution in [0.5, 0.6) is 5.75 Å². The lowest BCUT2D eigenvalue weighted by Gasteiger charge is -2.06. The number of benzene rings is 2. The molecule has 2 aromatic carbocycles. The summed E-state index contributed by atoms with van der Waals surface area (Å²) in [5.41, 5.74) is 1.15. The zero-order chi connectivity index (χ0) is 15.4. The summed E-state index contributed by atoms with van der Waals surface area (Å²) in [7, 11) is 0. The summed E-state index contributed by atoms with van der Waals surface area (Å²) < 4.78 is 31.8. The average molecular weight is 288 g/mol. The van der Waals surface area contributed by atoms with E-state index in [1.165, 1.54) is 6.92 Å². The summed E-state index contributed by atoms with van der Waals surface area (Å²) in [6.07, 6.45) is 3.77. The Morgan fingerprint density at radius 1 is 1.10 bits per heavy atom. The molecule has 0 aliphatic rings. The average Bonchev–Trinajstić information content (AvgIpc) is 2.45. The Balaban J connectivity index is 2.18. The Bertz CT molecular complexity index is 665. The highest BCUT2D eigenvalue weighted by Crippen LogP contribution is 2.21. The molecule has 0 radical (unpaired) electrons. The van der Waals surface area contributed by atoms with Gasteiger partial charge in [0.1, 0.15) is 17.4 Å². The van der Waals surface area contributed by atoms with Crippen LogP contribution in [0.1, 0.15) is 28.4 Å². The largest absolute Gasteiger partial charge is 0.423 e. The molecule has 0 N–H and O–H groups in total. The Morgan fingerprint density at radius 2 is 1.67 bits per heavy atom. The Morgan fingerprint density at radius 3 is 2.19 bits per heavy atom. The molecule has 0 saturated carbocycles. The first-order chi connectivity index (χ1) is 10.0. The van der Waals surface area contributed by atoms with Crippen LogP contribution in [0.15, 0.2) is 42.5 Å². The summed E-state index contributed by atoms with van der Waals surface area (Å²) in [6, 6.07) is 8.69. The van der Waals surface area contributed by atoms with Gasteiger partial charge in [-0.05, 0) is 31.5 Å². The van der Waals surface area contributed by atoms with Crippen LogP contribution < -0.4 is 4.74 Å². The molecule has 4 heteroatoms. The van der Waals surface area contributed by atoms with Crippen LogP contribution in [0.4, 0.5) is 8.78 Å². The maximum atomic E-state index is 13.4. The number of carbonyl (C=O) groups is 1. The zero-order valence-corrected chi connectivity index (χ0v) is 11.7. The third kappa shape index (κ3) is 3.54. The summed E-state index contributed by atoms with van der Waals surface area (Å²) in [5, 5.41) is 0. The topological polar surface area (TPSA) is 26.3 Å². The quantitative estimate of drug-likeness (QED) is 0.613. The lowest BCUT2D eigenvalue weighted by atomic mass is 10.1. The molecule has 0 aliphatic heterocycles. The molecule has 108 valence electrons. The first kappa shape index (κ1) is 14.9. The van der Waals surface area contributed by atoms with Gasteiger partial charge in [0.2, 0.25) is 0 Å². The number of rotatable bonds is 3. The third-order valence-electron chi connectivity index (χ3n) is 2.97. The van der Waals surface area contributed by atoms with E-state index in [0.29, 0.717) is 5.56 Å². The number of hydrogen-bond acceptors (Lipinski definition) is 2. The summed E-state index contributed by atoms with van der Waals surface area (Å²) >= 11 is 0. The molecule has 21 heavy (non-hydrogen) atoms. The second-order valence-electron chi connectivity index (χ2n) is 4.52. The molecule has 0 bridgehead atoms. The van der Waals surface area contributed by atoms with Crippen LogP contribution in [-0.2, 0) is 0 Å². The van der Waals surface area contributed by atoms with E-state index in [2.05, 4.69) is 0 Å². The summed E-state index contributed by atoms with van der Waals surface area (Å²) in [6.45, 7) is 3.21. The van der Waals surface area contributed by atoms with Gasteiger partial charge < -0.3 is 4.74 Å². The smallest absolute Gasteiger partial charge is 0.343 e. The van der Waals surface area contributed by atoms with Gasteiger partial charge in [0.05, 0.1) is 5.56 Å². The minimum absolute atomic E-state index is 0.106. The molecule has 0 saturated heterocycles.